The van der Waals surface area contributed by atoms with Gasteiger partial charge in [-0.15, -0.1) is 11.8 Å². The smallest absolute Gasteiger partial charge is 0.237 e. The van der Waals surface area contributed by atoms with Gasteiger partial charge >= 0.3 is 0 Å². The van der Waals surface area contributed by atoms with Crippen LogP contribution in [0.25, 0.3) is 0 Å². The molecule has 0 saturated heterocycles. The third-order valence-electron chi connectivity index (χ3n) is 3.13. The first-order valence-corrected chi connectivity index (χ1v) is 8.10. The van der Waals surface area contributed by atoms with Crippen molar-refractivity contribution in [3.05, 3.63) is 54.1 Å². The van der Waals surface area contributed by atoms with E-state index in [0.29, 0.717) is 11.4 Å². The highest BCUT2D eigenvalue weighted by Crippen LogP contribution is 2.24. The van der Waals surface area contributed by atoms with Gasteiger partial charge in [0, 0.05) is 10.6 Å². The largest absolute Gasteiger partial charge is 0.479 e. The number of anilines is 1. The van der Waals surface area contributed by atoms with Gasteiger partial charge in [0.1, 0.15) is 11.8 Å². The van der Waals surface area contributed by atoms with E-state index in [4.69, 9.17) is 10.00 Å². The standard InChI is InChI=1S/C18H18N2O2S/c1-13-3-9-17(10-4-13)23-14(2)18(21)20-15-5-7-16(8-6-15)22-12-11-19/h3-10,14H,12H2,1-2H3,(H,20,21). The molecule has 118 valence electrons. The molecule has 4 nitrogen and oxygen atoms in total. The van der Waals surface area contributed by atoms with Crippen molar-refractivity contribution in [3.63, 3.8) is 0 Å². The lowest BCUT2D eigenvalue weighted by Gasteiger charge is -2.12. The molecule has 0 aliphatic rings. The van der Waals surface area contributed by atoms with Crippen LogP contribution in [0.2, 0.25) is 0 Å². The van der Waals surface area contributed by atoms with Gasteiger partial charge < -0.3 is 10.1 Å². The highest BCUT2D eigenvalue weighted by molar-refractivity contribution is 8.00. The number of ether oxygens (including phenoxy) is 1. The number of aryl methyl sites for hydroxylation is 1. The first-order valence-electron chi connectivity index (χ1n) is 7.22. The minimum Gasteiger partial charge on any atom is -0.479 e. The summed E-state index contributed by atoms with van der Waals surface area (Å²) in [6, 6.07) is 17.0. The van der Waals surface area contributed by atoms with Crippen LogP contribution in [0.5, 0.6) is 5.75 Å². The normalized spacial score (nSPS) is 11.3. The maximum Gasteiger partial charge on any atom is 0.237 e. The summed E-state index contributed by atoms with van der Waals surface area (Å²) in [6.45, 7) is 3.93. The maximum absolute atomic E-state index is 12.2. The highest BCUT2D eigenvalue weighted by Gasteiger charge is 2.14. The Labute approximate surface area is 140 Å². The van der Waals surface area contributed by atoms with Gasteiger partial charge in [-0.2, -0.15) is 5.26 Å². The second-order valence-electron chi connectivity index (χ2n) is 5.03. The topological polar surface area (TPSA) is 62.1 Å². The molecule has 2 aromatic carbocycles. The number of carbonyl (C=O) groups is 1. The van der Waals surface area contributed by atoms with Crippen molar-refractivity contribution in [2.75, 3.05) is 11.9 Å². The number of thioether (sulfide) groups is 1. The van der Waals surface area contributed by atoms with E-state index in [9.17, 15) is 4.79 Å². The molecule has 0 aliphatic heterocycles. The number of carbonyl (C=O) groups excluding carboxylic acids is 1. The minimum atomic E-state index is -0.202. The first-order chi connectivity index (χ1) is 11.1. The predicted molar refractivity (Wildman–Crippen MR) is 92.7 cm³/mol. The van der Waals surface area contributed by atoms with Gasteiger partial charge in [0.2, 0.25) is 5.91 Å². The van der Waals surface area contributed by atoms with Crippen LogP contribution in [0.3, 0.4) is 0 Å². The van der Waals surface area contributed by atoms with Crippen LogP contribution < -0.4 is 10.1 Å². The van der Waals surface area contributed by atoms with E-state index < -0.39 is 0 Å². The molecule has 0 radical (unpaired) electrons. The summed E-state index contributed by atoms with van der Waals surface area (Å²) in [5.74, 6) is 0.549. The first kappa shape index (κ1) is 16.9. The molecule has 2 aromatic rings. The molecule has 0 bridgehead atoms. The Bertz CT molecular complexity index is 690. The quantitative estimate of drug-likeness (QED) is 0.815. The van der Waals surface area contributed by atoms with E-state index in [2.05, 4.69) is 5.32 Å². The third-order valence-corrected chi connectivity index (χ3v) is 4.24. The lowest BCUT2D eigenvalue weighted by molar-refractivity contribution is -0.115. The summed E-state index contributed by atoms with van der Waals surface area (Å²) in [7, 11) is 0. The fourth-order valence-corrected chi connectivity index (χ4v) is 2.74. The molecule has 1 atom stereocenters. The average Bonchev–Trinajstić information content (AvgIpc) is 2.56. The van der Waals surface area contributed by atoms with Crippen LogP contribution in [-0.2, 0) is 4.79 Å². The van der Waals surface area contributed by atoms with Gasteiger partial charge in [-0.3, -0.25) is 4.79 Å². The molecular formula is C18H18N2O2S. The molecule has 1 N–H and O–H groups in total. The van der Waals surface area contributed by atoms with Gasteiger partial charge in [-0.1, -0.05) is 17.7 Å². The summed E-state index contributed by atoms with van der Waals surface area (Å²) in [6.07, 6.45) is 0. The molecule has 5 heteroatoms. The Balaban J connectivity index is 1.90. The zero-order valence-corrected chi connectivity index (χ0v) is 13.9. The van der Waals surface area contributed by atoms with Gasteiger partial charge in [-0.25, -0.2) is 0 Å². The summed E-state index contributed by atoms with van der Waals surface area (Å²) in [5, 5.41) is 11.1. The molecule has 2 rings (SSSR count). The van der Waals surface area contributed by atoms with Crippen LogP contribution in [0.4, 0.5) is 5.69 Å². The van der Waals surface area contributed by atoms with Crippen molar-refractivity contribution >= 4 is 23.4 Å². The molecule has 0 saturated carbocycles. The number of hydrogen-bond acceptors (Lipinski definition) is 4. The van der Waals surface area contributed by atoms with Gasteiger partial charge in [0.25, 0.3) is 0 Å². The SMILES string of the molecule is Cc1ccc(SC(C)C(=O)Nc2ccc(OCC#N)cc2)cc1. The van der Waals surface area contributed by atoms with E-state index in [1.807, 2.05) is 44.2 Å². The summed E-state index contributed by atoms with van der Waals surface area (Å²) < 4.78 is 5.17. The van der Waals surface area contributed by atoms with Crippen LogP contribution in [0, 0.1) is 18.3 Å². The third kappa shape index (κ3) is 5.35. The summed E-state index contributed by atoms with van der Waals surface area (Å²) in [4.78, 5) is 13.3. The molecule has 0 aliphatic carbocycles. The molecule has 0 aromatic heterocycles. The van der Waals surface area contributed by atoms with Crippen LogP contribution in [0.15, 0.2) is 53.4 Å². The van der Waals surface area contributed by atoms with E-state index in [0.717, 1.165) is 4.90 Å². The Kier molecular flexibility index (Phi) is 6.07. The number of benzene rings is 2. The van der Waals surface area contributed by atoms with Gasteiger partial charge in [-0.05, 0) is 50.2 Å². The zero-order chi connectivity index (χ0) is 16.7. The van der Waals surface area contributed by atoms with E-state index in [1.54, 1.807) is 24.3 Å². The van der Waals surface area contributed by atoms with E-state index in [1.165, 1.54) is 17.3 Å². The zero-order valence-electron chi connectivity index (χ0n) is 13.1. The van der Waals surface area contributed by atoms with Gasteiger partial charge in [0.15, 0.2) is 6.61 Å². The van der Waals surface area contributed by atoms with Crippen molar-refractivity contribution in [2.24, 2.45) is 0 Å². The van der Waals surface area contributed by atoms with E-state index >= 15 is 0 Å². The van der Waals surface area contributed by atoms with E-state index in [-0.39, 0.29) is 17.8 Å². The number of amides is 1. The molecule has 1 amide bonds. The van der Waals surface area contributed by atoms with Gasteiger partial charge in [0.05, 0.1) is 5.25 Å². The Morgan fingerprint density at radius 1 is 1.22 bits per heavy atom. The lowest BCUT2D eigenvalue weighted by atomic mass is 10.2. The Morgan fingerprint density at radius 2 is 1.87 bits per heavy atom. The monoisotopic (exact) mass is 326 g/mol. The second kappa shape index (κ2) is 8.25. The minimum absolute atomic E-state index is 0.00985. The molecule has 0 spiro atoms. The molecular weight excluding hydrogens is 308 g/mol. The second-order valence-corrected chi connectivity index (χ2v) is 6.45. The molecule has 0 heterocycles. The number of hydrogen-bond donors (Lipinski definition) is 1. The fraction of sp³-hybridized carbons (Fsp3) is 0.222. The number of rotatable bonds is 6. The van der Waals surface area contributed by atoms with Crippen LogP contribution in [-0.4, -0.2) is 17.8 Å². The van der Waals surface area contributed by atoms with Crippen molar-refractivity contribution in [2.45, 2.75) is 24.0 Å². The van der Waals surface area contributed by atoms with Crippen molar-refractivity contribution in [1.29, 1.82) is 5.26 Å². The lowest BCUT2D eigenvalue weighted by Crippen LogP contribution is -2.22. The Hall–Kier alpha value is -2.45. The number of nitrogens with one attached hydrogen (secondary N) is 1. The van der Waals surface area contributed by atoms with Crippen molar-refractivity contribution in [3.8, 4) is 11.8 Å². The van der Waals surface area contributed by atoms with Crippen molar-refractivity contribution < 1.29 is 9.53 Å². The molecule has 23 heavy (non-hydrogen) atoms. The molecule has 1 unspecified atom stereocenters. The molecule has 0 fully saturated rings. The summed E-state index contributed by atoms with van der Waals surface area (Å²) >= 11 is 1.52. The fourth-order valence-electron chi connectivity index (χ4n) is 1.87. The Morgan fingerprint density at radius 3 is 2.48 bits per heavy atom. The maximum atomic E-state index is 12.2. The highest BCUT2D eigenvalue weighted by atomic mass is 32.2. The summed E-state index contributed by atoms with van der Waals surface area (Å²) in [5.41, 5.74) is 1.90. The van der Waals surface area contributed by atoms with Crippen LogP contribution in [0.1, 0.15) is 12.5 Å². The number of nitriles is 1. The average molecular weight is 326 g/mol. The number of nitrogens with zero attached hydrogens (tertiary/aromatic N) is 1. The van der Waals surface area contributed by atoms with Crippen molar-refractivity contribution in [1.82, 2.24) is 0 Å². The van der Waals surface area contributed by atoms with Crippen LogP contribution >= 0.6 is 11.8 Å². The predicted octanol–water partition coefficient (Wildman–Crippen LogP) is 4.02.